The predicted molar refractivity (Wildman–Crippen MR) is 124 cm³/mol. The zero-order valence-corrected chi connectivity index (χ0v) is 18.8. The van der Waals surface area contributed by atoms with E-state index in [0.29, 0.717) is 31.4 Å². The fourth-order valence-electron chi connectivity index (χ4n) is 3.56. The summed E-state index contributed by atoms with van der Waals surface area (Å²) in [7, 11) is 0. The van der Waals surface area contributed by atoms with Crippen LogP contribution >= 0.6 is 11.8 Å². The Bertz CT molecular complexity index is 996. The molecule has 2 heterocycles. The predicted octanol–water partition coefficient (Wildman–Crippen LogP) is 4.26. The number of carbonyl (C=O) groups is 1. The molecule has 1 aliphatic rings. The molecule has 1 fully saturated rings. The standard InChI is InChI=1S/C24H28N4O2S/c1-18(2)20-8-10-21(11-9-20)22(29)17-31-24-26-25-23(27-12-14-30-15-13-27)28(24)16-19-6-4-3-5-7-19/h3-11,18H,12-17H2,1-2H3. The number of nitrogens with zero attached hydrogens (tertiary/aromatic N) is 4. The maximum atomic E-state index is 12.8. The number of rotatable bonds is 8. The molecule has 162 valence electrons. The number of aromatic nitrogens is 3. The van der Waals surface area contributed by atoms with E-state index in [1.165, 1.54) is 22.9 Å². The Hall–Kier alpha value is -2.64. The first-order valence-electron chi connectivity index (χ1n) is 10.7. The van der Waals surface area contributed by atoms with E-state index in [1.54, 1.807) is 0 Å². The monoisotopic (exact) mass is 436 g/mol. The van der Waals surface area contributed by atoms with E-state index in [9.17, 15) is 4.79 Å². The van der Waals surface area contributed by atoms with Gasteiger partial charge in [0, 0.05) is 18.7 Å². The molecule has 0 atom stereocenters. The summed E-state index contributed by atoms with van der Waals surface area (Å²) >= 11 is 1.45. The van der Waals surface area contributed by atoms with Crippen molar-refractivity contribution in [2.24, 2.45) is 0 Å². The molecule has 0 spiro atoms. The third kappa shape index (κ3) is 5.35. The molecule has 0 N–H and O–H groups in total. The lowest BCUT2D eigenvalue weighted by Gasteiger charge is -2.28. The second kappa shape index (κ2) is 10.1. The summed E-state index contributed by atoms with van der Waals surface area (Å²) in [5.41, 5.74) is 3.15. The highest BCUT2D eigenvalue weighted by Crippen LogP contribution is 2.25. The topological polar surface area (TPSA) is 60.3 Å². The molecule has 1 aromatic heterocycles. The number of ketones is 1. The van der Waals surface area contributed by atoms with Gasteiger partial charge in [0.05, 0.1) is 25.5 Å². The van der Waals surface area contributed by atoms with E-state index in [2.05, 4.69) is 45.6 Å². The average molecular weight is 437 g/mol. The van der Waals surface area contributed by atoms with Crippen LogP contribution in [0, 0.1) is 0 Å². The van der Waals surface area contributed by atoms with Crippen LogP contribution in [0.1, 0.15) is 41.3 Å². The van der Waals surface area contributed by atoms with E-state index >= 15 is 0 Å². The van der Waals surface area contributed by atoms with Crippen LogP contribution in [-0.2, 0) is 11.3 Å². The molecule has 3 aromatic rings. The minimum Gasteiger partial charge on any atom is -0.378 e. The number of Topliss-reactive ketones (excluding diaryl/α,β-unsaturated/α-hetero) is 1. The molecule has 0 saturated carbocycles. The van der Waals surface area contributed by atoms with E-state index < -0.39 is 0 Å². The number of anilines is 1. The van der Waals surface area contributed by atoms with Crippen molar-refractivity contribution < 1.29 is 9.53 Å². The number of hydrogen-bond donors (Lipinski definition) is 0. The molecule has 0 unspecified atom stereocenters. The number of benzene rings is 2. The number of thioether (sulfide) groups is 1. The number of carbonyl (C=O) groups excluding carboxylic acids is 1. The molecule has 7 heteroatoms. The average Bonchev–Trinajstić information content (AvgIpc) is 3.21. The smallest absolute Gasteiger partial charge is 0.228 e. The first kappa shape index (κ1) is 21.6. The zero-order chi connectivity index (χ0) is 21.6. The van der Waals surface area contributed by atoms with Crippen molar-refractivity contribution in [1.29, 1.82) is 0 Å². The van der Waals surface area contributed by atoms with Crippen molar-refractivity contribution in [1.82, 2.24) is 14.8 Å². The Morgan fingerprint density at radius 3 is 2.42 bits per heavy atom. The molecule has 1 aliphatic heterocycles. The van der Waals surface area contributed by atoms with Gasteiger partial charge in [-0.25, -0.2) is 0 Å². The Balaban J connectivity index is 1.51. The van der Waals surface area contributed by atoms with E-state index in [4.69, 9.17) is 4.74 Å². The summed E-state index contributed by atoms with van der Waals surface area (Å²) in [5.74, 6) is 1.72. The quantitative estimate of drug-likeness (QED) is 0.388. The van der Waals surface area contributed by atoms with Gasteiger partial charge in [0.1, 0.15) is 0 Å². The van der Waals surface area contributed by atoms with Gasteiger partial charge in [0.2, 0.25) is 5.95 Å². The molecule has 4 rings (SSSR count). The molecule has 2 aromatic carbocycles. The van der Waals surface area contributed by atoms with Gasteiger partial charge < -0.3 is 9.64 Å². The first-order chi connectivity index (χ1) is 15.1. The molecule has 1 saturated heterocycles. The van der Waals surface area contributed by atoms with Gasteiger partial charge >= 0.3 is 0 Å². The van der Waals surface area contributed by atoms with Gasteiger partial charge in [-0.1, -0.05) is 80.2 Å². The molecular weight excluding hydrogens is 408 g/mol. The van der Waals surface area contributed by atoms with Gasteiger partial charge in [-0.3, -0.25) is 9.36 Å². The molecular formula is C24H28N4O2S. The number of morpholine rings is 1. The van der Waals surface area contributed by atoms with Crippen LogP contribution in [0.25, 0.3) is 0 Å². The van der Waals surface area contributed by atoms with Gasteiger partial charge in [-0.15, -0.1) is 10.2 Å². The van der Waals surface area contributed by atoms with Crippen LogP contribution in [0.5, 0.6) is 0 Å². The Labute approximate surface area is 187 Å². The van der Waals surface area contributed by atoms with Crippen molar-refractivity contribution in [2.75, 3.05) is 37.0 Å². The molecule has 0 radical (unpaired) electrons. The molecule has 6 nitrogen and oxygen atoms in total. The third-order valence-electron chi connectivity index (χ3n) is 5.41. The van der Waals surface area contributed by atoms with Crippen molar-refractivity contribution in [3.05, 3.63) is 71.3 Å². The minimum absolute atomic E-state index is 0.0995. The lowest BCUT2D eigenvalue weighted by Crippen LogP contribution is -2.38. The number of hydrogen-bond acceptors (Lipinski definition) is 6. The van der Waals surface area contributed by atoms with Gasteiger partial charge in [0.25, 0.3) is 0 Å². The van der Waals surface area contributed by atoms with Crippen molar-refractivity contribution >= 4 is 23.5 Å². The summed E-state index contributed by atoms with van der Waals surface area (Å²) in [5, 5.41) is 9.66. The van der Waals surface area contributed by atoms with Crippen LogP contribution in [0.2, 0.25) is 0 Å². The maximum Gasteiger partial charge on any atom is 0.228 e. The molecule has 0 aliphatic carbocycles. The highest BCUT2D eigenvalue weighted by Gasteiger charge is 2.21. The summed E-state index contributed by atoms with van der Waals surface area (Å²) < 4.78 is 7.60. The largest absolute Gasteiger partial charge is 0.378 e. The summed E-state index contributed by atoms with van der Waals surface area (Å²) in [4.78, 5) is 15.0. The van der Waals surface area contributed by atoms with E-state index in [1.807, 2.05) is 42.5 Å². The molecule has 31 heavy (non-hydrogen) atoms. The maximum absolute atomic E-state index is 12.8. The second-order valence-electron chi connectivity index (χ2n) is 7.94. The highest BCUT2D eigenvalue weighted by molar-refractivity contribution is 7.99. The number of ether oxygens (including phenoxy) is 1. The van der Waals surface area contributed by atoms with Crippen molar-refractivity contribution in [3.8, 4) is 0 Å². The lowest BCUT2D eigenvalue weighted by atomic mass is 10.0. The normalized spacial score (nSPS) is 14.2. The van der Waals surface area contributed by atoms with E-state index in [0.717, 1.165) is 29.8 Å². The Kier molecular flexibility index (Phi) is 7.04. The zero-order valence-electron chi connectivity index (χ0n) is 18.0. The lowest BCUT2D eigenvalue weighted by molar-refractivity contribution is 0.102. The Morgan fingerprint density at radius 1 is 1.03 bits per heavy atom. The highest BCUT2D eigenvalue weighted by atomic mass is 32.2. The fourth-order valence-corrected chi connectivity index (χ4v) is 4.38. The van der Waals surface area contributed by atoms with Crippen LogP contribution in [0.3, 0.4) is 0 Å². The fraction of sp³-hybridized carbons (Fsp3) is 0.375. The van der Waals surface area contributed by atoms with Crippen LogP contribution < -0.4 is 4.90 Å². The van der Waals surface area contributed by atoms with Crippen LogP contribution in [0.15, 0.2) is 59.8 Å². The van der Waals surface area contributed by atoms with Crippen LogP contribution in [-0.4, -0.2) is 52.6 Å². The Morgan fingerprint density at radius 2 is 1.74 bits per heavy atom. The van der Waals surface area contributed by atoms with Gasteiger partial charge in [0.15, 0.2) is 10.9 Å². The molecule has 0 amide bonds. The SMILES string of the molecule is CC(C)c1ccc(C(=O)CSc2nnc(N3CCOCC3)n2Cc2ccccc2)cc1. The second-order valence-corrected chi connectivity index (χ2v) is 8.88. The molecule has 0 bridgehead atoms. The van der Waals surface area contributed by atoms with Gasteiger partial charge in [-0.05, 0) is 17.0 Å². The summed E-state index contributed by atoms with van der Waals surface area (Å²) in [6, 6.07) is 18.2. The van der Waals surface area contributed by atoms with E-state index in [-0.39, 0.29) is 5.78 Å². The van der Waals surface area contributed by atoms with Crippen molar-refractivity contribution in [2.45, 2.75) is 31.5 Å². The van der Waals surface area contributed by atoms with Crippen molar-refractivity contribution in [3.63, 3.8) is 0 Å². The third-order valence-corrected chi connectivity index (χ3v) is 6.37. The van der Waals surface area contributed by atoms with Crippen LogP contribution in [0.4, 0.5) is 5.95 Å². The van der Waals surface area contributed by atoms with Gasteiger partial charge in [-0.2, -0.15) is 0 Å². The summed E-state index contributed by atoms with van der Waals surface area (Å²) in [6.07, 6.45) is 0. The minimum atomic E-state index is 0.0995. The summed E-state index contributed by atoms with van der Waals surface area (Å²) in [6.45, 7) is 7.92. The first-order valence-corrected chi connectivity index (χ1v) is 11.7.